The summed E-state index contributed by atoms with van der Waals surface area (Å²) in [5, 5.41) is 0. The molecule has 0 unspecified atom stereocenters. The average Bonchev–Trinajstić information content (AvgIpc) is 2.77. The van der Waals surface area contributed by atoms with Crippen LogP contribution in [-0.2, 0) is 11.2 Å². The first kappa shape index (κ1) is 19.2. The summed E-state index contributed by atoms with van der Waals surface area (Å²) in [7, 11) is 0. The van der Waals surface area contributed by atoms with Crippen LogP contribution in [0.15, 0.2) is 78.9 Å². The zero-order valence-corrected chi connectivity index (χ0v) is 15.6. The lowest BCUT2D eigenvalue weighted by Gasteiger charge is -2.06. The molecule has 4 nitrogen and oxygen atoms in total. The van der Waals surface area contributed by atoms with Crippen molar-refractivity contribution >= 4 is 17.5 Å². The molecule has 0 atom stereocenters. The zero-order chi connectivity index (χ0) is 19.9. The van der Waals surface area contributed by atoms with E-state index in [1.807, 2.05) is 25.1 Å². The number of carbonyl (C=O) groups excluding carboxylic acids is 3. The van der Waals surface area contributed by atoms with Crippen molar-refractivity contribution in [3.05, 3.63) is 107 Å². The van der Waals surface area contributed by atoms with Gasteiger partial charge in [-0.05, 0) is 24.1 Å². The number of Topliss-reactive ketones (excluding diaryl/α,β-unsaturated/α-hetero) is 1. The summed E-state index contributed by atoms with van der Waals surface area (Å²) in [5.74, 6) is -0.977. The van der Waals surface area contributed by atoms with Crippen molar-refractivity contribution < 1.29 is 19.1 Å². The van der Waals surface area contributed by atoms with Crippen molar-refractivity contribution in [2.75, 3.05) is 6.61 Å². The molecule has 0 aliphatic heterocycles. The molecule has 4 heteroatoms. The van der Waals surface area contributed by atoms with Gasteiger partial charge in [0.15, 0.2) is 18.2 Å². The molecule has 0 saturated carbocycles. The van der Waals surface area contributed by atoms with Gasteiger partial charge in [0.2, 0.25) is 0 Å². The van der Waals surface area contributed by atoms with E-state index in [1.165, 1.54) is 12.1 Å². The summed E-state index contributed by atoms with van der Waals surface area (Å²) in [6, 6.07) is 22.4. The Morgan fingerprint density at radius 2 is 1.21 bits per heavy atom. The molecule has 0 spiro atoms. The number of aryl methyl sites for hydroxylation is 1. The van der Waals surface area contributed by atoms with E-state index in [1.54, 1.807) is 48.5 Å². The van der Waals surface area contributed by atoms with E-state index in [4.69, 9.17) is 4.74 Å². The van der Waals surface area contributed by atoms with Crippen molar-refractivity contribution in [1.29, 1.82) is 0 Å². The molecule has 0 N–H and O–H groups in total. The van der Waals surface area contributed by atoms with Crippen LogP contribution in [0.25, 0.3) is 0 Å². The van der Waals surface area contributed by atoms with Crippen LogP contribution in [0.2, 0.25) is 0 Å². The quantitative estimate of drug-likeness (QED) is 0.452. The molecule has 0 radical (unpaired) electrons. The molecular weight excluding hydrogens is 352 g/mol. The Balaban J connectivity index is 1.60. The second-order valence-electron chi connectivity index (χ2n) is 6.32. The standard InChI is InChI=1S/C24H20O4/c1-2-17-8-10-18(11-9-17)22(25)16-28-24(27)21-14-12-20(13-15-21)23(26)19-6-4-3-5-7-19/h3-15H,2,16H2,1H3. The third-order valence-corrected chi connectivity index (χ3v) is 4.44. The molecule has 0 amide bonds. The molecular formula is C24H20O4. The first-order valence-electron chi connectivity index (χ1n) is 9.07. The molecule has 0 fully saturated rings. The Labute approximate surface area is 163 Å². The minimum Gasteiger partial charge on any atom is -0.454 e. The van der Waals surface area contributed by atoms with E-state index >= 15 is 0 Å². The minimum atomic E-state index is -0.600. The number of rotatable bonds is 7. The fraction of sp³-hybridized carbons (Fsp3) is 0.125. The zero-order valence-electron chi connectivity index (χ0n) is 15.6. The van der Waals surface area contributed by atoms with Gasteiger partial charge < -0.3 is 4.74 Å². The largest absolute Gasteiger partial charge is 0.454 e. The molecule has 0 aliphatic rings. The van der Waals surface area contributed by atoms with Gasteiger partial charge in [-0.2, -0.15) is 0 Å². The van der Waals surface area contributed by atoms with Crippen molar-refractivity contribution in [2.45, 2.75) is 13.3 Å². The Hall–Kier alpha value is -3.53. The van der Waals surface area contributed by atoms with Crippen molar-refractivity contribution in [3.8, 4) is 0 Å². The lowest BCUT2D eigenvalue weighted by molar-refractivity contribution is 0.0474. The first-order valence-corrected chi connectivity index (χ1v) is 9.07. The summed E-state index contributed by atoms with van der Waals surface area (Å²) < 4.78 is 5.11. The molecule has 28 heavy (non-hydrogen) atoms. The van der Waals surface area contributed by atoms with Gasteiger partial charge >= 0.3 is 5.97 Å². The summed E-state index contributed by atoms with van der Waals surface area (Å²) in [5.41, 5.74) is 3.00. The smallest absolute Gasteiger partial charge is 0.338 e. The van der Waals surface area contributed by atoms with Gasteiger partial charge in [0, 0.05) is 16.7 Å². The molecule has 0 bridgehead atoms. The number of benzene rings is 3. The van der Waals surface area contributed by atoms with Gasteiger partial charge in [-0.25, -0.2) is 4.79 Å². The lowest BCUT2D eigenvalue weighted by atomic mass is 10.0. The van der Waals surface area contributed by atoms with Gasteiger partial charge in [-0.3, -0.25) is 9.59 Å². The summed E-state index contributed by atoms with van der Waals surface area (Å²) >= 11 is 0. The van der Waals surface area contributed by atoms with E-state index in [-0.39, 0.29) is 18.2 Å². The number of ketones is 2. The monoisotopic (exact) mass is 372 g/mol. The predicted octanol–water partition coefficient (Wildman–Crippen LogP) is 4.52. The lowest BCUT2D eigenvalue weighted by Crippen LogP contribution is -2.14. The van der Waals surface area contributed by atoms with Crippen LogP contribution in [0, 0.1) is 0 Å². The number of carbonyl (C=O) groups is 3. The Bertz CT molecular complexity index is 971. The Kier molecular flexibility index (Phi) is 6.12. The van der Waals surface area contributed by atoms with Crippen LogP contribution in [-0.4, -0.2) is 24.1 Å². The third-order valence-electron chi connectivity index (χ3n) is 4.44. The topological polar surface area (TPSA) is 60.4 Å². The molecule has 3 aromatic carbocycles. The second kappa shape index (κ2) is 8.91. The second-order valence-corrected chi connectivity index (χ2v) is 6.32. The van der Waals surface area contributed by atoms with Gasteiger partial charge in [0.25, 0.3) is 0 Å². The SMILES string of the molecule is CCc1ccc(C(=O)COC(=O)c2ccc(C(=O)c3ccccc3)cc2)cc1. The Morgan fingerprint density at radius 3 is 1.82 bits per heavy atom. The van der Waals surface area contributed by atoms with Crippen molar-refractivity contribution in [1.82, 2.24) is 0 Å². The van der Waals surface area contributed by atoms with E-state index in [0.29, 0.717) is 22.3 Å². The minimum absolute atomic E-state index is 0.119. The van der Waals surface area contributed by atoms with E-state index in [2.05, 4.69) is 0 Å². The van der Waals surface area contributed by atoms with Gasteiger partial charge in [-0.1, -0.05) is 73.7 Å². The molecule has 0 aliphatic carbocycles. The first-order chi connectivity index (χ1) is 13.6. The molecule has 3 aromatic rings. The molecule has 3 rings (SSSR count). The Morgan fingerprint density at radius 1 is 0.679 bits per heavy atom. The number of hydrogen-bond acceptors (Lipinski definition) is 4. The van der Waals surface area contributed by atoms with Crippen LogP contribution in [0.5, 0.6) is 0 Å². The fourth-order valence-electron chi connectivity index (χ4n) is 2.74. The van der Waals surface area contributed by atoms with E-state index in [9.17, 15) is 14.4 Å². The van der Waals surface area contributed by atoms with Crippen molar-refractivity contribution in [3.63, 3.8) is 0 Å². The molecule has 0 saturated heterocycles. The maximum Gasteiger partial charge on any atom is 0.338 e. The summed E-state index contributed by atoms with van der Waals surface area (Å²) in [4.78, 5) is 36.7. The van der Waals surface area contributed by atoms with Gasteiger partial charge in [0.1, 0.15) is 0 Å². The normalized spacial score (nSPS) is 10.3. The van der Waals surface area contributed by atoms with Gasteiger partial charge in [0.05, 0.1) is 5.56 Å². The highest BCUT2D eigenvalue weighted by Gasteiger charge is 2.14. The maximum atomic E-state index is 12.4. The third kappa shape index (κ3) is 4.60. The highest BCUT2D eigenvalue weighted by Crippen LogP contribution is 2.12. The molecule has 0 heterocycles. The number of ether oxygens (including phenoxy) is 1. The average molecular weight is 372 g/mol. The van der Waals surface area contributed by atoms with Crippen LogP contribution in [0.4, 0.5) is 0 Å². The van der Waals surface area contributed by atoms with Crippen LogP contribution >= 0.6 is 0 Å². The number of esters is 1. The van der Waals surface area contributed by atoms with Crippen LogP contribution in [0.1, 0.15) is 49.1 Å². The van der Waals surface area contributed by atoms with Crippen LogP contribution < -0.4 is 0 Å². The maximum absolute atomic E-state index is 12.4. The van der Waals surface area contributed by atoms with Crippen LogP contribution in [0.3, 0.4) is 0 Å². The van der Waals surface area contributed by atoms with Gasteiger partial charge in [-0.15, -0.1) is 0 Å². The highest BCUT2D eigenvalue weighted by atomic mass is 16.5. The summed E-state index contributed by atoms with van der Waals surface area (Å²) in [6.07, 6.45) is 0.895. The predicted molar refractivity (Wildman–Crippen MR) is 107 cm³/mol. The van der Waals surface area contributed by atoms with Crippen molar-refractivity contribution in [2.24, 2.45) is 0 Å². The molecule has 0 aromatic heterocycles. The summed E-state index contributed by atoms with van der Waals surface area (Å²) in [6.45, 7) is 1.71. The van der Waals surface area contributed by atoms with E-state index in [0.717, 1.165) is 12.0 Å². The highest BCUT2D eigenvalue weighted by molar-refractivity contribution is 6.09. The fourth-order valence-corrected chi connectivity index (χ4v) is 2.74. The number of hydrogen-bond donors (Lipinski definition) is 0. The van der Waals surface area contributed by atoms with E-state index < -0.39 is 5.97 Å². The molecule has 140 valence electrons.